The molecule has 3 rings (SSSR count). The molecule has 104 valence electrons. The van der Waals surface area contributed by atoms with Crippen LogP contribution in [0.3, 0.4) is 0 Å². The van der Waals surface area contributed by atoms with E-state index >= 15 is 0 Å². The van der Waals surface area contributed by atoms with E-state index in [1.807, 2.05) is 20.8 Å². The van der Waals surface area contributed by atoms with Crippen LogP contribution < -0.4 is 5.84 Å². The maximum absolute atomic E-state index is 12.0. The van der Waals surface area contributed by atoms with E-state index in [-0.39, 0.29) is 17.6 Å². The summed E-state index contributed by atoms with van der Waals surface area (Å²) in [6.45, 7) is 5.68. The van der Waals surface area contributed by atoms with Gasteiger partial charge in [0.1, 0.15) is 5.60 Å². The van der Waals surface area contributed by atoms with Crippen LogP contribution in [0.25, 0.3) is 0 Å². The maximum Gasteiger partial charge on any atom is 0.425 e. The average Bonchev–Trinajstić information content (AvgIpc) is 2.25. The molecular weight excluding hydrogens is 232 g/mol. The van der Waals surface area contributed by atoms with Crippen molar-refractivity contribution in [3.05, 3.63) is 0 Å². The quantitative estimate of drug-likeness (QED) is 0.449. The molecule has 5 heteroatoms. The Morgan fingerprint density at radius 1 is 1.39 bits per heavy atom. The number of amides is 1. The summed E-state index contributed by atoms with van der Waals surface area (Å²) >= 11 is 0. The van der Waals surface area contributed by atoms with Crippen LogP contribution in [0.1, 0.15) is 52.9 Å². The van der Waals surface area contributed by atoms with Gasteiger partial charge < -0.3 is 9.84 Å². The monoisotopic (exact) mass is 256 g/mol. The Labute approximate surface area is 108 Å². The summed E-state index contributed by atoms with van der Waals surface area (Å²) in [5.41, 5.74) is -0.820. The molecule has 5 nitrogen and oxygen atoms in total. The Morgan fingerprint density at radius 3 is 2.50 bits per heavy atom. The normalized spacial score (nSPS) is 34.7. The first-order chi connectivity index (χ1) is 8.22. The van der Waals surface area contributed by atoms with Crippen molar-refractivity contribution in [2.24, 2.45) is 11.3 Å². The number of carbonyl (C=O) groups excluding carboxylic acids is 1. The van der Waals surface area contributed by atoms with E-state index in [2.05, 4.69) is 0 Å². The Hall–Kier alpha value is -0.810. The Kier molecular flexibility index (Phi) is 3.10. The van der Waals surface area contributed by atoms with Gasteiger partial charge in [-0.1, -0.05) is 6.42 Å². The Balaban J connectivity index is 2.02. The highest BCUT2D eigenvalue weighted by Crippen LogP contribution is 2.59. The summed E-state index contributed by atoms with van der Waals surface area (Å²) in [6.07, 6.45) is 4.09. The van der Waals surface area contributed by atoms with Crippen molar-refractivity contribution in [1.82, 2.24) is 5.01 Å². The number of carbonyl (C=O) groups is 1. The first kappa shape index (κ1) is 13.6. The molecule has 0 saturated heterocycles. The highest BCUT2D eigenvalue weighted by molar-refractivity contribution is 5.68. The maximum atomic E-state index is 12.0. The van der Waals surface area contributed by atoms with E-state index in [4.69, 9.17) is 10.6 Å². The number of nitrogens with two attached hydrogens (primary N) is 1. The lowest BCUT2D eigenvalue weighted by atomic mass is 9.50. The molecular formula is C13H24N2O3. The number of aliphatic hydroxyl groups is 1. The van der Waals surface area contributed by atoms with Crippen LogP contribution in [0.15, 0.2) is 0 Å². The van der Waals surface area contributed by atoms with E-state index in [1.165, 1.54) is 5.01 Å². The van der Waals surface area contributed by atoms with Gasteiger partial charge in [-0.2, -0.15) is 0 Å². The van der Waals surface area contributed by atoms with Gasteiger partial charge in [-0.3, -0.25) is 0 Å². The third kappa shape index (κ3) is 2.21. The summed E-state index contributed by atoms with van der Waals surface area (Å²) in [4.78, 5) is 12.0. The largest absolute Gasteiger partial charge is 0.443 e. The van der Waals surface area contributed by atoms with E-state index in [1.54, 1.807) is 0 Å². The zero-order chi connectivity index (χ0) is 13.6. The number of rotatable bonds is 2. The van der Waals surface area contributed by atoms with Gasteiger partial charge in [-0.15, -0.1) is 0 Å². The second-order valence-corrected chi connectivity index (χ2v) is 6.94. The molecule has 0 aromatic heterocycles. The Morgan fingerprint density at radius 2 is 2.00 bits per heavy atom. The zero-order valence-corrected chi connectivity index (χ0v) is 11.5. The fourth-order valence-corrected chi connectivity index (χ4v) is 3.48. The molecule has 0 spiro atoms. The van der Waals surface area contributed by atoms with Gasteiger partial charge in [0.05, 0.1) is 5.54 Å². The smallest absolute Gasteiger partial charge is 0.425 e. The average molecular weight is 256 g/mol. The molecule has 3 aliphatic rings. The molecule has 0 aromatic rings. The molecule has 3 saturated carbocycles. The first-order valence-corrected chi connectivity index (χ1v) is 6.61. The lowest BCUT2D eigenvalue weighted by Crippen LogP contribution is -2.69. The summed E-state index contributed by atoms with van der Waals surface area (Å²) in [5, 5.41) is 10.7. The topological polar surface area (TPSA) is 75.8 Å². The van der Waals surface area contributed by atoms with Crippen LogP contribution in [0, 0.1) is 5.41 Å². The molecule has 0 radical (unpaired) electrons. The van der Waals surface area contributed by atoms with E-state index in [0.717, 1.165) is 32.1 Å². The second kappa shape index (κ2) is 4.10. The first-order valence-electron chi connectivity index (χ1n) is 6.61. The molecule has 3 N–H and O–H groups in total. The molecule has 18 heavy (non-hydrogen) atoms. The molecule has 1 amide bonds. The standard InChI is InChI=1S/C13H24N2O3/c1-11(2,3)18-10(17)15(14)13-6-4-5-12(7-13,8-13)9-16/h16H,4-9,14H2,1-3H3. The van der Waals surface area contributed by atoms with Crippen molar-refractivity contribution in [3.63, 3.8) is 0 Å². The minimum absolute atomic E-state index is 0.00210. The number of ether oxygens (including phenoxy) is 1. The van der Waals surface area contributed by atoms with Crippen LogP contribution in [0.5, 0.6) is 0 Å². The third-order valence-corrected chi connectivity index (χ3v) is 4.19. The van der Waals surface area contributed by atoms with Crippen LogP contribution in [0.4, 0.5) is 4.79 Å². The van der Waals surface area contributed by atoms with Crippen LogP contribution in [0.2, 0.25) is 0 Å². The fourth-order valence-electron chi connectivity index (χ4n) is 3.48. The Bertz CT molecular complexity index is 343. The number of hydrazine groups is 1. The molecule has 3 fully saturated rings. The van der Waals surface area contributed by atoms with Crippen molar-refractivity contribution in [1.29, 1.82) is 0 Å². The summed E-state index contributed by atoms with van der Waals surface area (Å²) in [6, 6.07) is 0. The van der Waals surface area contributed by atoms with Crippen LogP contribution in [-0.4, -0.2) is 34.0 Å². The van der Waals surface area contributed by atoms with Gasteiger partial charge in [0.25, 0.3) is 0 Å². The third-order valence-electron chi connectivity index (χ3n) is 4.19. The molecule has 0 aliphatic heterocycles. The van der Waals surface area contributed by atoms with Crippen molar-refractivity contribution in [2.75, 3.05) is 6.61 Å². The van der Waals surface area contributed by atoms with Gasteiger partial charge >= 0.3 is 6.09 Å². The van der Waals surface area contributed by atoms with E-state index in [9.17, 15) is 9.90 Å². The number of nitrogens with zero attached hydrogens (tertiary/aromatic N) is 1. The van der Waals surface area contributed by atoms with E-state index < -0.39 is 11.7 Å². The highest BCUT2D eigenvalue weighted by Gasteiger charge is 2.60. The van der Waals surface area contributed by atoms with Crippen LogP contribution in [-0.2, 0) is 4.74 Å². The van der Waals surface area contributed by atoms with Crippen molar-refractivity contribution >= 4 is 6.09 Å². The molecule has 0 heterocycles. The number of aliphatic hydroxyl groups excluding tert-OH is 1. The van der Waals surface area contributed by atoms with Gasteiger partial charge in [0.15, 0.2) is 0 Å². The summed E-state index contributed by atoms with van der Waals surface area (Å²) in [5.74, 6) is 5.96. The number of fused-ring (bicyclic) bond motifs is 2. The second-order valence-electron chi connectivity index (χ2n) is 6.94. The fraction of sp³-hybridized carbons (Fsp3) is 0.923. The van der Waals surface area contributed by atoms with Gasteiger partial charge in [0, 0.05) is 6.61 Å². The molecule has 0 atom stereocenters. The van der Waals surface area contributed by atoms with Crippen molar-refractivity contribution in [2.45, 2.75) is 64.0 Å². The van der Waals surface area contributed by atoms with Crippen molar-refractivity contribution in [3.8, 4) is 0 Å². The van der Waals surface area contributed by atoms with Crippen LogP contribution >= 0.6 is 0 Å². The lowest BCUT2D eigenvalue weighted by molar-refractivity contribution is -0.142. The zero-order valence-electron chi connectivity index (χ0n) is 11.5. The lowest BCUT2D eigenvalue weighted by Gasteiger charge is -2.62. The number of hydrogen-bond donors (Lipinski definition) is 2. The van der Waals surface area contributed by atoms with Gasteiger partial charge in [0.2, 0.25) is 0 Å². The molecule has 0 aromatic carbocycles. The van der Waals surface area contributed by atoms with Gasteiger partial charge in [-0.25, -0.2) is 15.6 Å². The van der Waals surface area contributed by atoms with Gasteiger partial charge in [-0.05, 0) is 51.9 Å². The van der Waals surface area contributed by atoms with Crippen molar-refractivity contribution < 1.29 is 14.6 Å². The van der Waals surface area contributed by atoms with E-state index in [0.29, 0.717) is 0 Å². The molecule has 0 unspecified atom stereocenters. The predicted octanol–water partition coefficient (Wildman–Crippen LogP) is 1.79. The summed E-state index contributed by atoms with van der Waals surface area (Å²) in [7, 11) is 0. The highest BCUT2D eigenvalue weighted by atomic mass is 16.6. The molecule has 2 bridgehead atoms. The predicted molar refractivity (Wildman–Crippen MR) is 67.6 cm³/mol. The molecule has 3 aliphatic carbocycles. The number of hydrogen-bond acceptors (Lipinski definition) is 4. The minimum Gasteiger partial charge on any atom is -0.443 e. The SMILES string of the molecule is CC(C)(C)OC(=O)N(N)C12CCCC(CO)(C1)C2. The summed E-state index contributed by atoms with van der Waals surface area (Å²) < 4.78 is 5.31. The minimum atomic E-state index is -0.530.